The number of aromatic nitrogens is 2. The molecule has 1 heterocycles. The van der Waals surface area contributed by atoms with Crippen LogP contribution in [0.3, 0.4) is 0 Å². The average Bonchev–Trinajstić information content (AvgIpc) is 2.78. The highest BCUT2D eigenvalue weighted by Crippen LogP contribution is 2.17. The lowest BCUT2D eigenvalue weighted by Crippen LogP contribution is -2.38. The lowest BCUT2D eigenvalue weighted by molar-refractivity contribution is -0.384. The first kappa shape index (κ1) is 25.6. The van der Waals surface area contributed by atoms with Crippen LogP contribution in [0.25, 0.3) is 0 Å². The Morgan fingerprint density at radius 1 is 1.09 bits per heavy atom. The molecular formula is C21H29N5O7. The van der Waals surface area contributed by atoms with Crippen LogP contribution in [-0.4, -0.2) is 64.3 Å². The molecule has 0 fully saturated rings. The maximum Gasteiger partial charge on any atom is 0.332 e. The van der Waals surface area contributed by atoms with E-state index in [2.05, 4.69) is 10.2 Å². The number of nitro groups is 1. The van der Waals surface area contributed by atoms with Gasteiger partial charge in [-0.25, -0.2) is 4.79 Å². The van der Waals surface area contributed by atoms with Gasteiger partial charge >= 0.3 is 11.7 Å². The van der Waals surface area contributed by atoms with Crippen molar-refractivity contribution in [3.8, 4) is 5.75 Å². The van der Waals surface area contributed by atoms with Gasteiger partial charge in [-0.1, -0.05) is 0 Å². The van der Waals surface area contributed by atoms with Gasteiger partial charge in [-0.15, -0.1) is 0 Å². The van der Waals surface area contributed by atoms with Crippen molar-refractivity contribution in [2.45, 2.75) is 13.3 Å². The van der Waals surface area contributed by atoms with Crippen molar-refractivity contribution in [3.63, 3.8) is 0 Å². The van der Waals surface area contributed by atoms with Gasteiger partial charge in [-0.2, -0.15) is 0 Å². The molecule has 0 saturated heterocycles. The Morgan fingerprint density at radius 3 is 2.42 bits per heavy atom. The molecule has 0 spiro atoms. The van der Waals surface area contributed by atoms with Crippen molar-refractivity contribution in [2.24, 2.45) is 14.1 Å². The van der Waals surface area contributed by atoms with E-state index in [1.807, 2.05) is 0 Å². The van der Waals surface area contributed by atoms with Gasteiger partial charge in [-0.3, -0.25) is 33.7 Å². The summed E-state index contributed by atoms with van der Waals surface area (Å²) in [6.07, 6.45) is 0.668. The van der Waals surface area contributed by atoms with Gasteiger partial charge in [0.1, 0.15) is 18.2 Å². The molecule has 0 aliphatic carbocycles. The number of esters is 1. The summed E-state index contributed by atoms with van der Waals surface area (Å²) in [6, 6.07) is 7.24. The molecule has 0 atom stereocenters. The highest BCUT2D eigenvalue weighted by atomic mass is 16.6. The third kappa shape index (κ3) is 8.07. The van der Waals surface area contributed by atoms with Gasteiger partial charge in [0.05, 0.1) is 11.5 Å². The minimum absolute atomic E-state index is 0.000247. The van der Waals surface area contributed by atoms with Crippen LogP contribution in [0.5, 0.6) is 5.75 Å². The number of ether oxygens (including phenoxy) is 2. The molecule has 1 aromatic carbocycles. The van der Waals surface area contributed by atoms with Crippen molar-refractivity contribution >= 4 is 17.5 Å². The molecule has 0 aliphatic rings. The van der Waals surface area contributed by atoms with Gasteiger partial charge in [0, 0.05) is 65.4 Å². The van der Waals surface area contributed by atoms with Crippen molar-refractivity contribution in [1.82, 2.24) is 14.0 Å². The number of non-ortho nitro benzene ring substituents is 1. The third-order valence-corrected chi connectivity index (χ3v) is 4.91. The Morgan fingerprint density at radius 2 is 1.79 bits per heavy atom. The van der Waals surface area contributed by atoms with Gasteiger partial charge in [0.15, 0.2) is 0 Å². The molecule has 0 bridgehead atoms. The second-order valence-electron chi connectivity index (χ2n) is 7.33. The molecule has 1 aromatic heterocycles. The molecule has 180 valence electrons. The van der Waals surface area contributed by atoms with Gasteiger partial charge in [-0.05, 0) is 18.6 Å². The van der Waals surface area contributed by atoms with Gasteiger partial charge < -0.3 is 14.8 Å². The van der Waals surface area contributed by atoms with E-state index in [1.165, 1.54) is 36.7 Å². The fourth-order valence-corrected chi connectivity index (χ4v) is 3.04. The highest BCUT2D eigenvalue weighted by Gasteiger charge is 2.09. The summed E-state index contributed by atoms with van der Waals surface area (Å²) < 4.78 is 13.1. The lowest BCUT2D eigenvalue weighted by Gasteiger charge is -2.23. The van der Waals surface area contributed by atoms with E-state index < -0.39 is 16.2 Å². The average molecular weight is 463 g/mol. The molecule has 0 saturated carbocycles. The van der Waals surface area contributed by atoms with E-state index in [0.29, 0.717) is 50.8 Å². The molecule has 2 rings (SSSR count). The number of rotatable bonds is 13. The monoisotopic (exact) mass is 463 g/mol. The minimum Gasteiger partial charge on any atom is -0.494 e. The predicted octanol–water partition coefficient (Wildman–Crippen LogP) is 0.738. The second kappa shape index (κ2) is 12.4. The molecule has 0 radical (unpaired) electrons. The minimum atomic E-state index is -0.468. The quantitative estimate of drug-likeness (QED) is 0.197. The third-order valence-electron chi connectivity index (χ3n) is 4.91. The zero-order valence-electron chi connectivity index (χ0n) is 19.0. The zero-order valence-corrected chi connectivity index (χ0v) is 19.0. The summed E-state index contributed by atoms with van der Waals surface area (Å²) in [5.74, 6) is 0.606. The van der Waals surface area contributed by atoms with E-state index in [-0.39, 0.29) is 18.3 Å². The number of hydrogen-bond donors (Lipinski definition) is 1. The van der Waals surface area contributed by atoms with Crippen molar-refractivity contribution in [1.29, 1.82) is 0 Å². The summed E-state index contributed by atoms with van der Waals surface area (Å²) in [5, 5.41) is 13.8. The Balaban J connectivity index is 1.86. The van der Waals surface area contributed by atoms with Gasteiger partial charge in [0.2, 0.25) is 0 Å². The Labute approximate surface area is 190 Å². The van der Waals surface area contributed by atoms with E-state index in [1.54, 1.807) is 19.2 Å². The Kier molecular flexibility index (Phi) is 9.61. The van der Waals surface area contributed by atoms with Crippen LogP contribution >= 0.6 is 0 Å². The number of nitrogens with zero attached hydrogens (tertiary/aromatic N) is 4. The first-order chi connectivity index (χ1) is 15.7. The summed E-state index contributed by atoms with van der Waals surface area (Å²) in [7, 11) is 3.00. The normalized spacial score (nSPS) is 10.8. The van der Waals surface area contributed by atoms with Crippen molar-refractivity contribution < 1.29 is 19.2 Å². The van der Waals surface area contributed by atoms with E-state index in [4.69, 9.17) is 9.47 Å². The van der Waals surface area contributed by atoms with Crippen molar-refractivity contribution in [2.75, 3.05) is 44.7 Å². The first-order valence-electron chi connectivity index (χ1n) is 10.4. The maximum absolute atomic E-state index is 12.0. The topological polar surface area (TPSA) is 138 Å². The van der Waals surface area contributed by atoms with Crippen LogP contribution in [0.4, 0.5) is 11.5 Å². The summed E-state index contributed by atoms with van der Waals surface area (Å²) in [5.41, 5.74) is -0.809. The van der Waals surface area contributed by atoms with Crippen LogP contribution < -0.4 is 21.3 Å². The highest BCUT2D eigenvalue weighted by molar-refractivity contribution is 5.65. The molecular weight excluding hydrogens is 434 g/mol. The number of hydrogen-bond acceptors (Lipinski definition) is 9. The summed E-state index contributed by atoms with van der Waals surface area (Å²) >= 11 is 0. The van der Waals surface area contributed by atoms with E-state index >= 15 is 0 Å². The zero-order chi connectivity index (χ0) is 24.4. The van der Waals surface area contributed by atoms with Crippen LogP contribution in [0.1, 0.15) is 13.3 Å². The second-order valence-corrected chi connectivity index (χ2v) is 7.33. The molecule has 0 amide bonds. The van der Waals surface area contributed by atoms with Crippen molar-refractivity contribution in [3.05, 3.63) is 61.3 Å². The van der Waals surface area contributed by atoms with Crippen LogP contribution in [0, 0.1) is 10.1 Å². The molecule has 0 aliphatic heterocycles. The van der Waals surface area contributed by atoms with E-state index in [0.717, 1.165) is 4.57 Å². The van der Waals surface area contributed by atoms with Crippen LogP contribution in [0.15, 0.2) is 39.9 Å². The maximum atomic E-state index is 12.0. The fourth-order valence-electron chi connectivity index (χ4n) is 3.04. The molecule has 12 nitrogen and oxygen atoms in total. The summed E-state index contributed by atoms with van der Waals surface area (Å²) in [4.78, 5) is 47.3. The lowest BCUT2D eigenvalue weighted by atomic mass is 10.3. The largest absolute Gasteiger partial charge is 0.494 e. The fraction of sp³-hybridized carbons (Fsp3) is 0.476. The number of benzene rings is 1. The van der Waals surface area contributed by atoms with Crippen LogP contribution in [0.2, 0.25) is 0 Å². The van der Waals surface area contributed by atoms with E-state index in [9.17, 15) is 24.5 Å². The summed E-state index contributed by atoms with van der Waals surface area (Å²) in [6.45, 7) is 4.17. The molecule has 12 heteroatoms. The molecule has 2 aromatic rings. The first-order valence-corrected chi connectivity index (χ1v) is 10.4. The molecule has 33 heavy (non-hydrogen) atoms. The van der Waals surface area contributed by atoms with Gasteiger partial charge in [0.25, 0.3) is 11.2 Å². The smallest absolute Gasteiger partial charge is 0.332 e. The van der Waals surface area contributed by atoms with Crippen LogP contribution in [-0.2, 0) is 23.6 Å². The number of anilines is 1. The number of carbonyl (C=O) groups excluding carboxylic acids is 1. The molecule has 1 N–H and O–H groups in total. The number of carbonyl (C=O) groups is 1. The predicted molar refractivity (Wildman–Crippen MR) is 122 cm³/mol. The Bertz CT molecular complexity index is 1060. The number of nitro benzene ring substituents is 1. The SMILES string of the molecule is CC(=O)OCCN(CCCOc1ccc([N+](=O)[O-])cc1)CCNc1cc(=O)n(C)c(=O)n1C. The Hall–Kier alpha value is -3.67. The number of nitrogens with one attached hydrogen (secondary N) is 1. The molecule has 0 unspecified atom stereocenters. The standard InChI is InChI=1S/C21H29N5O7/c1-16(27)32-14-12-25(10-4-13-33-18-7-5-17(6-8-18)26(30)31)11-9-22-19-15-20(28)24(3)21(29)23(19)2/h5-8,15,22H,4,9-14H2,1-3H3.